The Balaban J connectivity index is 1.33. The second-order valence-electron chi connectivity index (χ2n) is 11.0. The van der Waals surface area contributed by atoms with Gasteiger partial charge >= 0.3 is 0 Å². The fourth-order valence-corrected chi connectivity index (χ4v) is 5.43. The first kappa shape index (κ1) is 30.8. The molecule has 1 amide bonds. The maximum Gasteiger partial charge on any atom is 0.255 e. The molecule has 12 nitrogen and oxygen atoms in total. The van der Waals surface area contributed by atoms with Gasteiger partial charge in [-0.25, -0.2) is 15.0 Å². The number of aromatic nitrogens is 5. The maximum absolute atomic E-state index is 13.3. The molecule has 0 radical (unpaired) electrons. The van der Waals surface area contributed by atoms with E-state index in [9.17, 15) is 4.79 Å². The lowest BCUT2D eigenvalue weighted by molar-refractivity contribution is 0.0103. The number of pyridine rings is 1. The molecule has 1 fully saturated rings. The Morgan fingerprint density at radius 1 is 1.02 bits per heavy atom. The van der Waals surface area contributed by atoms with Crippen molar-refractivity contribution in [2.24, 2.45) is 0 Å². The molecule has 1 aromatic carbocycles. The van der Waals surface area contributed by atoms with E-state index in [-0.39, 0.29) is 5.91 Å². The number of carbonyl (C=O) groups is 1. The van der Waals surface area contributed by atoms with Crippen LogP contribution in [0.5, 0.6) is 0 Å². The highest BCUT2D eigenvalue weighted by Crippen LogP contribution is 2.27. The summed E-state index contributed by atoms with van der Waals surface area (Å²) >= 11 is 2.16. The van der Waals surface area contributed by atoms with E-state index in [1.54, 1.807) is 16.9 Å². The third kappa shape index (κ3) is 7.65. The lowest BCUT2D eigenvalue weighted by Crippen LogP contribution is -2.47. The molecule has 13 heteroatoms. The molecule has 5 rings (SSSR count). The van der Waals surface area contributed by atoms with Crippen molar-refractivity contribution in [2.45, 2.75) is 33.3 Å². The highest BCUT2D eigenvalue weighted by molar-refractivity contribution is 14.1. The molecule has 0 aliphatic carbocycles. The first-order valence-corrected chi connectivity index (χ1v) is 15.6. The number of piperazine rings is 1. The second-order valence-corrected chi connectivity index (χ2v) is 11.7. The normalized spacial score (nSPS) is 14.5. The number of rotatable bonds is 10. The van der Waals surface area contributed by atoms with Crippen LogP contribution in [0.2, 0.25) is 0 Å². The molecule has 0 atom stereocenters. The fourth-order valence-electron chi connectivity index (χ4n) is 4.65. The highest BCUT2D eigenvalue weighted by Gasteiger charge is 2.23. The number of nitrogens with zero attached hydrogens (tertiary/aromatic N) is 7. The Morgan fingerprint density at radius 2 is 1.81 bits per heavy atom. The maximum atomic E-state index is 13.3. The van der Waals surface area contributed by atoms with Gasteiger partial charge in [-0.2, -0.15) is 9.78 Å². The predicted molar refractivity (Wildman–Crippen MR) is 176 cm³/mol. The Kier molecular flexibility index (Phi) is 9.54. The molecule has 3 N–H and O–H groups in total. The van der Waals surface area contributed by atoms with Crippen LogP contribution in [-0.2, 0) is 10.3 Å². The smallest absolute Gasteiger partial charge is 0.255 e. The van der Waals surface area contributed by atoms with E-state index in [1.807, 2.05) is 64.1 Å². The number of carbonyl (C=O) groups excluding carboxylic acids is 1. The SMILES string of the molecule is Cc1cc(Nc2cc(C(=O)Nc3ccnc(C(C)(C)OCI)c3)ccc2C)n(-c2cc(NN3CCN(C)CC3)ncn2)n1. The van der Waals surface area contributed by atoms with Crippen molar-refractivity contribution in [3.05, 3.63) is 77.5 Å². The summed E-state index contributed by atoms with van der Waals surface area (Å²) in [4.78, 5) is 28.9. The first-order valence-electron chi connectivity index (χ1n) is 14.1. The lowest BCUT2D eigenvalue weighted by atomic mass is 10.0. The van der Waals surface area contributed by atoms with E-state index in [4.69, 9.17) is 4.74 Å². The van der Waals surface area contributed by atoms with Crippen molar-refractivity contribution in [3.8, 4) is 5.82 Å². The number of anilines is 4. The minimum atomic E-state index is -0.574. The molecule has 1 aliphatic heterocycles. The fraction of sp³-hybridized carbons (Fsp3) is 0.367. The summed E-state index contributed by atoms with van der Waals surface area (Å²) in [6.45, 7) is 11.6. The van der Waals surface area contributed by atoms with Crippen LogP contribution < -0.4 is 16.1 Å². The molecule has 1 aliphatic rings. The van der Waals surface area contributed by atoms with Gasteiger partial charge < -0.3 is 25.7 Å². The van der Waals surface area contributed by atoms with Crippen molar-refractivity contribution < 1.29 is 9.53 Å². The van der Waals surface area contributed by atoms with Gasteiger partial charge in [-0.05, 0) is 64.6 Å². The summed E-state index contributed by atoms with van der Waals surface area (Å²) in [5.41, 5.74) is 7.30. The minimum absolute atomic E-state index is 0.229. The van der Waals surface area contributed by atoms with Crippen LogP contribution in [0, 0.1) is 13.8 Å². The number of hydrogen-bond acceptors (Lipinski definition) is 10. The molecule has 0 unspecified atom stereocenters. The molecule has 4 aromatic rings. The highest BCUT2D eigenvalue weighted by atomic mass is 127. The van der Waals surface area contributed by atoms with Crippen LogP contribution in [-0.4, -0.2) is 78.4 Å². The first-order chi connectivity index (χ1) is 20.6. The standard InChI is InChI=1S/C30H37IN10O2/c1-20-6-7-22(29(42)35-23-8-9-32-25(16-23)30(3,4)43-18-31)15-24(20)36-28-14-21(2)37-41(28)27-17-26(33-19-34-27)38-40-12-10-39(5)11-13-40/h6-9,14-17,19,36H,10-13,18H2,1-5H3,(H,32,35,42)(H,33,34,38). The lowest BCUT2D eigenvalue weighted by Gasteiger charge is -2.32. The van der Waals surface area contributed by atoms with E-state index in [0.717, 1.165) is 54.6 Å². The molecule has 0 saturated carbocycles. The summed E-state index contributed by atoms with van der Waals surface area (Å²) in [7, 11) is 2.12. The number of benzene rings is 1. The summed E-state index contributed by atoms with van der Waals surface area (Å²) in [6, 6.07) is 13.0. The van der Waals surface area contributed by atoms with Crippen LogP contribution in [0.4, 0.5) is 23.0 Å². The van der Waals surface area contributed by atoms with E-state index in [2.05, 4.69) is 75.7 Å². The van der Waals surface area contributed by atoms with Gasteiger partial charge in [0.05, 0.1) is 16.0 Å². The minimum Gasteiger partial charge on any atom is -0.359 e. The van der Waals surface area contributed by atoms with Gasteiger partial charge in [-0.3, -0.25) is 9.78 Å². The average molecular weight is 697 g/mol. The topological polar surface area (TPSA) is 125 Å². The largest absolute Gasteiger partial charge is 0.359 e. The van der Waals surface area contributed by atoms with Gasteiger partial charge in [-0.1, -0.05) is 28.7 Å². The predicted octanol–water partition coefficient (Wildman–Crippen LogP) is 4.89. The summed E-state index contributed by atoms with van der Waals surface area (Å²) in [5.74, 6) is 1.82. The van der Waals surface area contributed by atoms with Gasteiger partial charge in [0, 0.05) is 61.4 Å². The summed E-state index contributed by atoms with van der Waals surface area (Å²) < 4.78 is 8.09. The number of amides is 1. The van der Waals surface area contributed by atoms with Crippen LogP contribution in [0.1, 0.15) is 41.2 Å². The molecule has 0 spiro atoms. The number of hydrazine groups is 1. The zero-order valence-corrected chi connectivity index (χ0v) is 27.2. The number of alkyl halides is 1. The average Bonchev–Trinajstić information content (AvgIpc) is 3.35. The van der Waals surface area contributed by atoms with Gasteiger partial charge in [0.15, 0.2) is 5.82 Å². The number of hydrogen-bond donors (Lipinski definition) is 3. The van der Waals surface area contributed by atoms with Crippen LogP contribution in [0.25, 0.3) is 5.82 Å². The van der Waals surface area contributed by atoms with E-state index in [0.29, 0.717) is 27.5 Å². The monoisotopic (exact) mass is 696 g/mol. The molecular formula is C30H37IN10O2. The Bertz CT molecular complexity index is 1580. The van der Waals surface area contributed by atoms with Gasteiger partial charge in [0.25, 0.3) is 5.91 Å². The number of aryl methyl sites for hydroxylation is 2. The molecule has 226 valence electrons. The summed E-state index contributed by atoms with van der Waals surface area (Å²) in [5, 5.41) is 13.3. The third-order valence-electron chi connectivity index (χ3n) is 7.29. The van der Waals surface area contributed by atoms with Crippen molar-refractivity contribution in [1.82, 2.24) is 34.6 Å². The zero-order chi connectivity index (χ0) is 30.6. The number of nitrogens with one attached hydrogen (secondary N) is 3. The third-order valence-corrected chi connectivity index (χ3v) is 7.60. The van der Waals surface area contributed by atoms with E-state index in [1.165, 1.54) is 6.33 Å². The summed E-state index contributed by atoms with van der Waals surface area (Å²) in [6.07, 6.45) is 3.21. The van der Waals surface area contributed by atoms with E-state index >= 15 is 0 Å². The van der Waals surface area contributed by atoms with Crippen LogP contribution in [0.15, 0.2) is 55.0 Å². The van der Waals surface area contributed by atoms with Crippen molar-refractivity contribution >= 4 is 51.5 Å². The number of halogens is 1. The number of ether oxygens (including phenoxy) is 1. The van der Waals surface area contributed by atoms with Gasteiger partial charge in [0.1, 0.15) is 23.6 Å². The molecule has 0 bridgehead atoms. The Labute approximate surface area is 265 Å². The quantitative estimate of drug-likeness (QED) is 0.156. The van der Waals surface area contributed by atoms with Crippen molar-refractivity contribution in [3.63, 3.8) is 0 Å². The Hall–Kier alpha value is -3.66. The van der Waals surface area contributed by atoms with Gasteiger partial charge in [-0.15, -0.1) is 0 Å². The molecular weight excluding hydrogens is 659 g/mol. The number of likely N-dealkylation sites (N-methyl/N-ethyl adjacent to an activating group) is 1. The second kappa shape index (κ2) is 13.3. The van der Waals surface area contributed by atoms with Crippen molar-refractivity contribution in [1.29, 1.82) is 0 Å². The van der Waals surface area contributed by atoms with Crippen LogP contribution >= 0.6 is 22.6 Å². The van der Waals surface area contributed by atoms with Crippen molar-refractivity contribution in [2.75, 3.05) is 53.9 Å². The molecule has 43 heavy (non-hydrogen) atoms. The Morgan fingerprint density at radius 3 is 2.58 bits per heavy atom. The zero-order valence-electron chi connectivity index (χ0n) is 25.1. The van der Waals surface area contributed by atoms with Crippen LogP contribution in [0.3, 0.4) is 0 Å². The molecule has 3 aromatic heterocycles. The molecule has 1 saturated heterocycles. The van der Waals surface area contributed by atoms with E-state index < -0.39 is 5.60 Å². The van der Waals surface area contributed by atoms with Gasteiger partial charge in [0.2, 0.25) is 0 Å². The molecule has 4 heterocycles.